The smallest absolute Gasteiger partial charge is 0.358 e. The summed E-state index contributed by atoms with van der Waals surface area (Å²) in [4.78, 5) is 11.5. The number of aryl methyl sites for hydroxylation is 2. The summed E-state index contributed by atoms with van der Waals surface area (Å²) >= 11 is 0. The van der Waals surface area contributed by atoms with Crippen LogP contribution in [0.1, 0.15) is 65.3 Å². The Morgan fingerprint density at radius 2 is 1.91 bits per heavy atom. The van der Waals surface area contributed by atoms with Crippen LogP contribution in [-0.2, 0) is 0 Å². The van der Waals surface area contributed by atoms with Crippen molar-refractivity contribution in [2.45, 2.75) is 51.9 Å². The third kappa shape index (κ3) is 2.63. The zero-order valence-corrected chi connectivity index (χ0v) is 13.0. The fourth-order valence-electron chi connectivity index (χ4n) is 3.23. The SMILES string of the molecule is Cc1ccc(-n2nnc(C(=O)O)c2C2CCCCC2)cc1C. The first-order valence-corrected chi connectivity index (χ1v) is 7.84. The van der Waals surface area contributed by atoms with E-state index in [-0.39, 0.29) is 11.6 Å². The van der Waals surface area contributed by atoms with Gasteiger partial charge in [-0.2, -0.15) is 0 Å². The molecule has 0 radical (unpaired) electrons. The van der Waals surface area contributed by atoms with Crippen molar-refractivity contribution >= 4 is 5.97 Å². The molecule has 1 aliphatic rings. The van der Waals surface area contributed by atoms with Gasteiger partial charge in [0.05, 0.1) is 11.4 Å². The summed E-state index contributed by atoms with van der Waals surface area (Å²) in [6, 6.07) is 6.06. The van der Waals surface area contributed by atoms with Crippen LogP contribution in [0.4, 0.5) is 0 Å². The second-order valence-corrected chi connectivity index (χ2v) is 6.14. The highest BCUT2D eigenvalue weighted by atomic mass is 16.4. The Labute approximate surface area is 130 Å². The van der Waals surface area contributed by atoms with Crippen LogP contribution in [0, 0.1) is 13.8 Å². The van der Waals surface area contributed by atoms with Crippen LogP contribution in [0.5, 0.6) is 0 Å². The van der Waals surface area contributed by atoms with Gasteiger partial charge in [-0.25, -0.2) is 9.48 Å². The lowest BCUT2D eigenvalue weighted by atomic mass is 9.86. The predicted molar refractivity (Wildman–Crippen MR) is 83.6 cm³/mol. The first-order chi connectivity index (χ1) is 10.6. The number of nitrogens with zero attached hydrogens (tertiary/aromatic N) is 3. The quantitative estimate of drug-likeness (QED) is 0.939. The molecule has 0 aliphatic heterocycles. The Balaban J connectivity index is 2.10. The Bertz CT molecular complexity index is 700. The molecule has 1 saturated carbocycles. The summed E-state index contributed by atoms with van der Waals surface area (Å²) in [5, 5.41) is 17.5. The second kappa shape index (κ2) is 5.91. The number of aromatic nitrogens is 3. The van der Waals surface area contributed by atoms with E-state index >= 15 is 0 Å². The third-order valence-electron chi connectivity index (χ3n) is 4.63. The van der Waals surface area contributed by atoms with Crippen molar-refractivity contribution in [3.05, 3.63) is 40.7 Å². The molecular formula is C17H21N3O2. The number of hydrogen-bond donors (Lipinski definition) is 1. The zero-order chi connectivity index (χ0) is 15.7. The van der Waals surface area contributed by atoms with E-state index in [1.165, 1.54) is 17.5 Å². The molecule has 1 heterocycles. The molecule has 1 fully saturated rings. The first-order valence-electron chi connectivity index (χ1n) is 7.84. The van der Waals surface area contributed by atoms with Crippen LogP contribution in [-0.4, -0.2) is 26.1 Å². The predicted octanol–water partition coefficient (Wildman–Crippen LogP) is 3.63. The van der Waals surface area contributed by atoms with Gasteiger partial charge in [0.25, 0.3) is 0 Å². The first kappa shape index (κ1) is 14.8. The van der Waals surface area contributed by atoms with Crippen molar-refractivity contribution in [2.75, 3.05) is 0 Å². The topological polar surface area (TPSA) is 68.0 Å². The molecule has 0 saturated heterocycles. The molecule has 0 unspecified atom stereocenters. The number of aromatic carboxylic acids is 1. The Morgan fingerprint density at radius 3 is 2.55 bits per heavy atom. The molecule has 1 aromatic carbocycles. The fourth-order valence-corrected chi connectivity index (χ4v) is 3.23. The maximum Gasteiger partial charge on any atom is 0.358 e. The minimum Gasteiger partial charge on any atom is -0.476 e. The van der Waals surface area contributed by atoms with Crippen LogP contribution in [0.25, 0.3) is 5.69 Å². The van der Waals surface area contributed by atoms with Gasteiger partial charge < -0.3 is 5.11 Å². The van der Waals surface area contributed by atoms with Crippen LogP contribution in [0.3, 0.4) is 0 Å². The molecule has 1 aliphatic carbocycles. The molecule has 0 atom stereocenters. The van der Waals surface area contributed by atoms with Crippen molar-refractivity contribution in [1.29, 1.82) is 0 Å². The molecule has 1 aromatic heterocycles. The highest BCUT2D eigenvalue weighted by Crippen LogP contribution is 2.35. The number of hydrogen-bond acceptors (Lipinski definition) is 3. The van der Waals surface area contributed by atoms with Crippen LogP contribution in [0.15, 0.2) is 18.2 Å². The lowest BCUT2D eigenvalue weighted by Gasteiger charge is -2.22. The summed E-state index contributed by atoms with van der Waals surface area (Å²) in [7, 11) is 0. The molecule has 0 spiro atoms. The fraction of sp³-hybridized carbons (Fsp3) is 0.471. The van der Waals surface area contributed by atoms with Crippen molar-refractivity contribution in [1.82, 2.24) is 15.0 Å². The lowest BCUT2D eigenvalue weighted by molar-refractivity contribution is 0.0688. The molecule has 116 valence electrons. The number of rotatable bonds is 3. The van der Waals surface area contributed by atoms with Gasteiger partial charge in [-0.3, -0.25) is 0 Å². The molecule has 5 nitrogen and oxygen atoms in total. The van der Waals surface area contributed by atoms with Gasteiger partial charge >= 0.3 is 5.97 Å². The summed E-state index contributed by atoms with van der Waals surface area (Å²) in [6.45, 7) is 4.11. The van der Waals surface area contributed by atoms with E-state index in [1.54, 1.807) is 4.68 Å². The van der Waals surface area contributed by atoms with Gasteiger partial charge in [0, 0.05) is 5.92 Å². The van der Waals surface area contributed by atoms with Gasteiger partial charge in [0.15, 0.2) is 5.69 Å². The minimum atomic E-state index is -0.990. The highest BCUT2D eigenvalue weighted by Gasteiger charge is 2.28. The summed E-state index contributed by atoms with van der Waals surface area (Å²) in [5.74, 6) is -0.757. The summed E-state index contributed by atoms with van der Waals surface area (Å²) in [5.41, 5.74) is 4.13. The highest BCUT2D eigenvalue weighted by molar-refractivity contribution is 5.86. The zero-order valence-electron chi connectivity index (χ0n) is 13.0. The van der Waals surface area contributed by atoms with Crippen LogP contribution >= 0.6 is 0 Å². The molecule has 0 amide bonds. The number of carbonyl (C=O) groups is 1. The van der Waals surface area contributed by atoms with Crippen molar-refractivity contribution in [3.63, 3.8) is 0 Å². The van der Waals surface area contributed by atoms with Crippen LogP contribution < -0.4 is 0 Å². The molecule has 1 N–H and O–H groups in total. The molecule has 0 bridgehead atoms. The van der Waals surface area contributed by atoms with Crippen molar-refractivity contribution in [3.8, 4) is 5.69 Å². The maximum atomic E-state index is 11.5. The Kier molecular flexibility index (Phi) is 3.96. The normalized spacial score (nSPS) is 15.9. The van der Waals surface area contributed by atoms with Gasteiger partial charge in [-0.1, -0.05) is 30.5 Å². The minimum absolute atomic E-state index is 0.102. The average Bonchev–Trinajstić information content (AvgIpc) is 2.96. The second-order valence-electron chi connectivity index (χ2n) is 6.14. The van der Waals surface area contributed by atoms with E-state index < -0.39 is 5.97 Å². The summed E-state index contributed by atoms with van der Waals surface area (Å²) in [6.07, 6.45) is 5.53. The Morgan fingerprint density at radius 1 is 1.18 bits per heavy atom. The number of carboxylic acid groups (broad SMARTS) is 1. The van der Waals surface area contributed by atoms with Crippen molar-refractivity contribution < 1.29 is 9.90 Å². The number of benzene rings is 1. The molecule has 2 aromatic rings. The number of carboxylic acids is 1. The Hall–Kier alpha value is -2.17. The van der Waals surface area contributed by atoms with Gasteiger partial charge in [0.1, 0.15) is 0 Å². The van der Waals surface area contributed by atoms with E-state index in [0.29, 0.717) is 0 Å². The lowest BCUT2D eigenvalue weighted by Crippen LogP contribution is -2.14. The average molecular weight is 299 g/mol. The van der Waals surface area contributed by atoms with E-state index in [9.17, 15) is 9.90 Å². The van der Waals surface area contributed by atoms with Crippen LogP contribution in [0.2, 0.25) is 0 Å². The standard InChI is InChI=1S/C17H21N3O2/c1-11-8-9-14(10-12(11)2)20-16(13-6-4-3-5-7-13)15(17(21)22)18-19-20/h8-10,13H,3-7H2,1-2H3,(H,21,22). The van der Waals surface area contributed by atoms with E-state index in [2.05, 4.69) is 17.2 Å². The molecular weight excluding hydrogens is 278 g/mol. The van der Waals surface area contributed by atoms with Gasteiger partial charge in [-0.05, 0) is 49.9 Å². The van der Waals surface area contributed by atoms with E-state index in [1.807, 2.05) is 25.1 Å². The van der Waals surface area contributed by atoms with Gasteiger partial charge in [-0.15, -0.1) is 5.10 Å². The third-order valence-corrected chi connectivity index (χ3v) is 4.63. The maximum absolute atomic E-state index is 11.5. The monoisotopic (exact) mass is 299 g/mol. The van der Waals surface area contributed by atoms with Gasteiger partial charge in [0.2, 0.25) is 0 Å². The largest absolute Gasteiger partial charge is 0.476 e. The summed E-state index contributed by atoms with van der Waals surface area (Å²) < 4.78 is 1.73. The van der Waals surface area contributed by atoms with Crippen molar-refractivity contribution in [2.24, 2.45) is 0 Å². The van der Waals surface area contributed by atoms with E-state index in [0.717, 1.165) is 37.1 Å². The van der Waals surface area contributed by atoms with E-state index in [4.69, 9.17) is 0 Å². The molecule has 5 heteroatoms. The molecule has 3 rings (SSSR count). The molecule has 22 heavy (non-hydrogen) atoms.